The molecular weight excluding hydrogens is 277 g/mol. The summed E-state index contributed by atoms with van der Waals surface area (Å²) in [5.41, 5.74) is -1.12. The van der Waals surface area contributed by atoms with E-state index in [0.29, 0.717) is 23.7 Å². The van der Waals surface area contributed by atoms with Crippen LogP contribution in [0.15, 0.2) is 24.3 Å². The van der Waals surface area contributed by atoms with E-state index in [1.54, 1.807) is 24.3 Å². The number of hydrogen-bond acceptors (Lipinski definition) is 3. The van der Waals surface area contributed by atoms with Crippen LogP contribution in [-0.4, -0.2) is 23.4 Å². The molecule has 1 N–H and O–H groups in total. The number of ether oxygens (including phenoxy) is 1. The van der Waals surface area contributed by atoms with Crippen LogP contribution in [0, 0.1) is 0 Å². The van der Waals surface area contributed by atoms with Crippen LogP contribution in [0.1, 0.15) is 20.3 Å². The molecule has 0 heterocycles. The van der Waals surface area contributed by atoms with Crippen molar-refractivity contribution in [2.24, 2.45) is 0 Å². The SMILES string of the molecule is CCCO[C@](C)(C(=O)O)N(Cl)c1ccc(Cl)cc1. The Labute approximate surface area is 116 Å². The minimum Gasteiger partial charge on any atom is -0.478 e. The first-order chi connectivity index (χ1) is 8.41. The van der Waals surface area contributed by atoms with E-state index in [1.807, 2.05) is 6.92 Å². The number of halogens is 2. The van der Waals surface area contributed by atoms with Crippen molar-refractivity contribution in [3.63, 3.8) is 0 Å². The average Bonchev–Trinajstić information content (AvgIpc) is 2.35. The van der Waals surface area contributed by atoms with Crippen LogP contribution in [0.25, 0.3) is 0 Å². The fraction of sp³-hybridized carbons (Fsp3) is 0.417. The first kappa shape index (κ1) is 15.1. The highest BCUT2D eigenvalue weighted by molar-refractivity contribution is 6.31. The monoisotopic (exact) mass is 291 g/mol. The van der Waals surface area contributed by atoms with Crippen LogP contribution in [0.4, 0.5) is 5.69 Å². The summed E-state index contributed by atoms with van der Waals surface area (Å²) in [6.45, 7) is 3.61. The maximum atomic E-state index is 11.3. The van der Waals surface area contributed by atoms with Crippen molar-refractivity contribution in [1.82, 2.24) is 0 Å². The van der Waals surface area contributed by atoms with Gasteiger partial charge in [-0.05, 0) is 37.6 Å². The van der Waals surface area contributed by atoms with Crippen LogP contribution in [0.3, 0.4) is 0 Å². The second kappa shape index (κ2) is 6.27. The van der Waals surface area contributed by atoms with Crippen molar-refractivity contribution in [2.75, 3.05) is 11.0 Å². The Balaban J connectivity index is 2.98. The van der Waals surface area contributed by atoms with Crippen LogP contribution in [0.2, 0.25) is 5.02 Å². The first-order valence-electron chi connectivity index (χ1n) is 5.50. The van der Waals surface area contributed by atoms with E-state index >= 15 is 0 Å². The summed E-state index contributed by atoms with van der Waals surface area (Å²) in [6, 6.07) is 6.53. The number of nitrogens with zero attached hydrogens (tertiary/aromatic N) is 1. The van der Waals surface area contributed by atoms with Gasteiger partial charge in [0, 0.05) is 23.4 Å². The van der Waals surface area contributed by atoms with E-state index in [4.69, 9.17) is 28.1 Å². The highest BCUT2D eigenvalue weighted by atomic mass is 35.5. The minimum absolute atomic E-state index is 0.305. The molecule has 0 aromatic heterocycles. The average molecular weight is 292 g/mol. The summed E-state index contributed by atoms with van der Waals surface area (Å²) in [4.78, 5) is 11.3. The molecule has 1 atom stereocenters. The molecule has 0 fully saturated rings. The molecule has 0 spiro atoms. The summed E-state index contributed by atoms with van der Waals surface area (Å²) in [5.74, 6) is -1.15. The highest BCUT2D eigenvalue weighted by Crippen LogP contribution is 2.29. The maximum Gasteiger partial charge on any atom is 0.358 e. The van der Waals surface area contributed by atoms with Gasteiger partial charge in [-0.25, -0.2) is 9.21 Å². The minimum atomic E-state index is -1.62. The molecule has 0 amide bonds. The predicted molar refractivity (Wildman–Crippen MR) is 72.1 cm³/mol. The molecule has 6 heteroatoms. The molecule has 0 saturated heterocycles. The second-order valence-corrected chi connectivity index (χ2v) is 4.67. The largest absolute Gasteiger partial charge is 0.478 e. The van der Waals surface area contributed by atoms with E-state index in [-0.39, 0.29) is 0 Å². The van der Waals surface area contributed by atoms with Gasteiger partial charge in [-0.3, -0.25) is 0 Å². The molecule has 18 heavy (non-hydrogen) atoms. The standard InChI is InChI=1S/C12H15Cl2NO3/c1-3-8-18-12(2,11(16)17)15(14)10-6-4-9(13)5-7-10/h4-7H,3,8H2,1-2H3,(H,16,17)/t12-/m1/s1. The highest BCUT2D eigenvalue weighted by Gasteiger charge is 2.41. The van der Waals surface area contributed by atoms with Crippen LogP contribution in [0.5, 0.6) is 0 Å². The lowest BCUT2D eigenvalue weighted by molar-refractivity contribution is -0.161. The zero-order chi connectivity index (χ0) is 13.8. The molecule has 0 unspecified atom stereocenters. The topological polar surface area (TPSA) is 49.8 Å². The molecule has 1 aromatic rings. The lowest BCUT2D eigenvalue weighted by Gasteiger charge is -2.33. The Morgan fingerprint density at radius 2 is 2.00 bits per heavy atom. The molecule has 0 bridgehead atoms. The number of carboxylic acid groups (broad SMARTS) is 1. The summed E-state index contributed by atoms with van der Waals surface area (Å²) < 4.78 is 6.40. The number of anilines is 1. The third-order valence-electron chi connectivity index (χ3n) is 2.41. The molecule has 1 aromatic carbocycles. The number of rotatable bonds is 6. The van der Waals surface area contributed by atoms with E-state index in [2.05, 4.69) is 0 Å². The molecule has 100 valence electrons. The van der Waals surface area contributed by atoms with E-state index in [9.17, 15) is 9.90 Å². The second-order valence-electron chi connectivity index (χ2n) is 3.89. The lowest BCUT2D eigenvalue weighted by Crippen LogP contribution is -2.50. The quantitative estimate of drug-likeness (QED) is 0.643. The van der Waals surface area contributed by atoms with E-state index in [1.165, 1.54) is 6.92 Å². The Morgan fingerprint density at radius 1 is 1.44 bits per heavy atom. The summed E-state index contributed by atoms with van der Waals surface area (Å²) in [6.07, 6.45) is 0.703. The Kier molecular flexibility index (Phi) is 5.26. The summed E-state index contributed by atoms with van der Waals surface area (Å²) >= 11 is 11.8. The molecule has 1 rings (SSSR count). The van der Waals surface area contributed by atoms with Crippen molar-refractivity contribution >= 4 is 35.0 Å². The van der Waals surface area contributed by atoms with Gasteiger partial charge in [-0.15, -0.1) is 0 Å². The van der Waals surface area contributed by atoms with Crippen molar-refractivity contribution in [1.29, 1.82) is 0 Å². The van der Waals surface area contributed by atoms with Gasteiger partial charge in [0.2, 0.25) is 0 Å². The summed E-state index contributed by atoms with van der Waals surface area (Å²) in [5, 5.41) is 9.82. The van der Waals surface area contributed by atoms with Gasteiger partial charge < -0.3 is 9.84 Å². The molecule has 0 aliphatic carbocycles. The molecule has 0 saturated carbocycles. The number of aliphatic carboxylic acids is 1. The maximum absolute atomic E-state index is 11.3. The number of carbonyl (C=O) groups is 1. The van der Waals surface area contributed by atoms with Gasteiger partial charge in [-0.1, -0.05) is 18.5 Å². The smallest absolute Gasteiger partial charge is 0.358 e. The van der Waals surface area contributed by atoms with Gasteiger partial charge in [0.1, 0.15) is 0 Å². The van der Waals surface area contributed by atoms with Gasteiger partial charge in [0.15, 0.2) is 0 Å². The van der Waals surface area contributed by atoms with Crippen LogP contribution >= 0.6 is 23.4 Å². The van der Waals surface area contributed by atoms with Crippen molar-refractivity contribution in [3.8, 4) is 0 Å². The van der Waals surface area contributed by atoms with E-state index in [0.717, 1.165) is 4.42 Å². The van der Waals surface area contributed by atoms with Crippen molar-refractivity contribution in [3.05, 3.63) is 29.3 Å². The Morgan fingerprint density at radius 3 is 2.44 bits per heavy atom. The molecule has 0 aliphatic heterocycles. The third-order valence-corrected chi connectivity index (χ3v) is 3.18. The fourth-order valence-corrected chi connectivity index (χ4v) is 1.68. The Bertz CT molecular complexity index is 410. The zero-order valence-corrected chi connectivity index (χ0v) is 11.7. The number of hydrogen-bond donors (Lipinski definition) is 1. The van der Waals surface area contributed by atoms with Crippen molar-refractivity contribution in [2.45, 2.75) is 26.0 Å². The van der Waals surface area contributed by atoms with Crippen LogP contribution < -0.4 is 4.42 Å². The first-order valence-corrected chi connectivity index (χ1v) is 6.22. The van der Waals surface area contributed by atoms with Gasteiger partial charge in [-0.2, -0.15) is 0 Å². The number of benzene rings is 1. The summed E-state index contributed by atoms with van der Waals surface area (Å²) in [7, 11) is 0. The molecule has 4 nitrogen and oxygen atoms in total. The predicted octanol–water partition coefficient (Wildman–Crippen LogP) is 3.53. The molecule has 0 radical (unpaired) electrons. The lowest BCUT2D eigenvalue weighted by atomic mass is 10.2. The zero-order valence-electron chi connectivity index (χ0n) is 10.2. The van der Waals surface area contributed by atoms with Gasteiger partial charge in [0.05, 0.1) is 5.69 Å². The number of carboxylic acids is 1. The Hall–Kier alpha value is -0.970. The third kappa shape index (κ3) is 3.28. The van der Waals surface area contributed by atoms with Crippen molar-refractivity contribution < 1.29 is 14.6 Å². The van der Waals surface area contributed by atoms with Gasteiger partial charge >= 0.3 is 5.97 Å². The van der Waals surface area contributed by atoms with Gasteiger partial charge in [0.25, 0.3) is 5.72 Å². The molecular formula is C12H15Cl2NO3. The molecule has 0 aliphatic rings. The van der Waals surface area contributed by atoms with Crippen LogP contribution in [-0.2, 0) is 9.53 Å². The normalized spacial score (nSPS) is 14.0. The van der Waals surface area contributed by atoms with E-state index < -0.39 is 11.7 Å². The fourth-order valence-electron chi connectivity index (χ4n) is 1.32.